The number of benzene rings is 1. The van der Waals surface area contributed by atoms with Crippen LogP contribution in [0, 0.1) is 5.92 Å². The number of nitrogens with zero attached hydrogens (tertiary/aromatic N) is 1. The first kappa shape index (κ1) is 22.6. The van der Waals surface area contributed by atoms with Crippen molar-refractivity contribution < 1.29 is 24.2 Å². The third-order valence-corrected chi connectivity index (χ3v) is 9.68. The SMILES string of the molecule is CC[CH2][Sn][CH](c1ccc(N(CC)CC)cc1O)C(C(=O)OC)C(=O)OC. The number of carbonyl (C=O) groups is 2. The Hall–Kier alpha value is -1.44. The number of phenols is 1. The van der Waals surface area contributed by atoms with Crippen molar-refractivity contribution in [3.8, 4) is 5.75 Å². The normalized spacial score (nSPS) is 11.9. The number of esters is 2. The van der Waals surface area contributed by atoms with Crippen LogP contribution in [0.2, 0.25) is 4.44 Å². The molecule has 1 unspecified atom stereocenters. The predicted octanol–water partition coefficient (Wildman–Crippen LogP) is 2.77. The Kier molecular flexibility index (Phi) is 9.83. The number of carbonyl (C=O) groups excluding carboxylic acids is 2. The first-order valence-corrected chi connectivity index (χ1v) is 12.6. The summed E-state index contributed by atoms with van der Waals surface area (Å²) in [6, 6.07) is 5.49. The average Bonchev–Trinajstić information content (AvgIpc) is 2.65. The van der Waals surface area contributed by atoms with E-state index in [2.05, 4.69) is 25.7 Å². The van der Waals surface area contributed by atoms with Gasteiger partial charge >= 0.3 is 166 Å². The first-order valence-electron chi connectivity index (χ1n) is 8.91. The monoisotopic (exact) mass is 471 g/mol. The number of rotatable bonds is 10. The Bertz CT molecular complexity index is 588. The van der Waals surface area contributed by atoms with Crippen LogP contribution in [-0.2, 0) is 19.1 Å². The van der Waals surface area contributed by atoms with Crippen molar-refractivity contribution >= 4 is 38.8 Å². The quantitative estimate of drug-likeness (QED) is 0.322. The molecular weight excluding hydrogens is 441 g/mol. The van der Waals surface area contributed by atoms with Gasteiger partial charge in [-0.15, -0.1) is 0 Å². The van der Waals surface area contributed by atoms with Crippen LogP contribution >= 0.6 is 0 Å². The van der Waals surface area contributed by atoms with E-state index in [1.807, 2.05) is 12.1 Å². The Labute approximate surface area is 166 Å². The molecule has 0 aliphatic rings. The van der Waals surface area contributed by atoms with Crippen LogP contribution in [-0.4, -0.2) is 65.5 Å². The van der Waals surface area contributed by atoms with E-state index >= 15 is 0 Å². The Morgan fingerprint density at radius 1 is 1.12 bits per heavy atom. The summed E-state index contributed by atoms with van der Waals surface area (Å²) in [4.78, 5) is 26.7. The van der Waals surface area contributed by atoms with E-state index in [0.717, 1.165) is 29.6 Å². The van der Waals surface area contributed by atoms with Crippen LogP contribution < -0.4 is 4.90 Å². The maximum absolute atomic E-state index is 12.3. The zero-order valence-electron chi connectivity index (χ0n) is 16.2. The van der Waals surface area contributed by atoms with Crippen LogP contribution in [0.15, 0.2) is 18.2 Å². The molecule has 0 aromatic heterocycles. The molecule has 0 saturated carbocycles. The molecule has 0 saturated heterocycles. The number of ether oxygens (including phenoxy) is 2. The van der Waals surface area contributed by atoms with Gasteiger partial charge in [0, 0.05) is 0 Å². The topological polar surface area (TPSA) is 76.1 Å². The van der Waals surface area contributed by atoms with E-state index in [9.17, 15) is 14.7 Å². The fourth-order valence-corrected chi connectivity index (χ4v) is 7.40. The predicted molar refractivity (Wildman–Crippen MR) is 103 cm³/mol. The van der Waals surface area contributed by atoms with Crippen molar-refractivity contribution in [2.24, 2.45) is 5.92 Å². The molecule has 0 aliphatic carbocycles. The second kappa shape index (κ2) is 11.3. The van der Waals surface area contributed by atoms with Crippen molar-refractivity contribution in [3.05, 3.63) is 23.8 Å². The average molecular weight is 470 g/mol. The van der Waals surface area contributed by atoms with Gasteiger partial charge in [-0.3, -0.25) is 0 Å². The van der Waals surface area contributed by atoms with Crippen molar-refractivity contribution in [1.82, 2.24) is 0 Å². The van der Waals surface area contributed by atoms with E-state index in [0.29, 0.717) is 5.56 Å². The number of anilines is 1. The third-order valence-electron chi connectivity index (χ3n) is 4.34. The second-order valence-electron chi connectivity index (χ2n) is 5.87. The standard InChI is InChI=1S/C16H22NO5.C3H7.Sn/c1-5-17(6-2)12-8-7-11(14(18)10-12)9-13(15(19)21-3)16(20)22-4;1-3-2;/h7-10,13,18H,5-6H2,1-4H3;1,3H2,2H3;. The summed E-state index contributed by atoms with van der Waals surface area (Å²) in [5, 5.41) is 10.7. The molecular formula is C19H29NO5Sn. The molecule has 7 heteroatoms. The summed E-state index contributed by atoms with van der Waals surface area (Å²) in [7, 11) is 2.53. The molecule has 0 amide bonds. The van der Waals surface area contributed by atoms with Gasteiger partial charge in [0.25, 0.3) is 0 Å². The van der Waals surface area contributed by atoms with E-state index in [-0.39, 0.29) is 9.68 Å². The van der Waals surface area contributed by atoms with Crippen LogP contribution in [0.4, 0.5) is 5.69 Å². The molecule has 1 atom stereocenters. The second-order valence-corrected chi connectivity index (χ2v) is 10.2. The third kappa shape index (κ3) is 5.53. The zero-order chi connectivity index (χ0) is 19.7. The molecule has 2 radical (unpaired) electrons. The first-order chi connectivity index (χ1) is 12.4. The summed E-state index contributed by atoms with van der Waals surface area (Å²) in [6.45, 7) is 7.85. The van der Waals surface area contributed by atoms with Crippen molar-refractivity contribution in [2.45, 2.75) is 35.6 Å². The Morgan fingerprint density at radius 2 is 1.69 bits per heavy atom. The molecule has 26 heavy (non-hydrogen) atoms. The molecule has 1 rings (SSSR count). The van der Waals surface area contributed by atoms with E-state index in [4.69, 9.17) is 9.47 Å². The molecule has 6 nitrogen and oxygen atoms in total. The molecule has 0 bridgehead atoms. The number of phenolic OH excluding ortho intramolecular Hbond substituents is 1. The fraction of sp³-hybridized carbons (Fsp3) is 0.579. The van der Waals surface area contributed by atoms with Gasteiger partial charge in [0.2, 0.25) is 0 Å². The van der Waals surface area contributed by atoms with Crippen LogP contribution in [0.25, 0.3) is 0 Å². The van der Waals surface area contributed by atoms with Gasteiger partial charge in [-0.2, -0.15) is 0 Å². The van der Waals surface area contributed by atoms with E-state index < -0.39 is 39.0 Å². The zero-order valence-corrected chi connectivity index (χ0v) is 19.1. The Balaban J connectivity index is 3.34. The molecule has 1 N–H and O–H groups in total. The molecule has 0 spiro atoms. The van der Waals surface area contributed by atoms with E-state index in [1.54, 1.807) is 6.07 Å². The van der Waals surface area contributed by atoms with Crippen molar-refractivity contribution in [1.29, 1.82) is 0 Å². The molecule has 0 fully saturated rings. The van der Waals surface area contributed by atoms with Crippen LogP contribution in [0.1, 0.15) is 36.7 Å². The van der Waals surface area contributed by atoms with Gasteiger partial charge in [-0.25, -0.2) is 0 Å². The summed E-state index contributed by atoms with van der Waals surface area (Å²) >= 11 is -1.19. The number of hydrogen-bond acceptors (Lipinski definition) is 6. The van der Waals surface area contributed by atoms with Crippen LogP contribution in [0.5, 0.6) is 5.75 Å². The van der Waals surface area contributed by atoms with Gasteiger partial charge in [-0.1, -0.05) is 0 Å². The minimum atomic E-state index is -1.19. The van der Waals surface area contributed by atoms with Gasteiger partial charge in [0.15, 0.2) is 0 Å². The van der Waals surface area contributed by atoms with Gasteiger partial charge < -0.3 is 0 Å². The maximum atomic E-state index is 12.3. The number of hydrogen-bond donors (Lipinski definition) is 1. The summed E-state index contributed by atoms with van der Waals surface area (Å²) < 4.78 is 10.4. The minimum absolute atomic E-state index is 0.120. The van der Waals surface area contributed by atoms with Gasteiger partial charge in [-0.05, 0) is 0 Å². The van der Waals surface area contributed by atoms with E-state index in [1.165, 1.54) is 14.2 Å². The molecule has 1 aromatic carbocycles. The fourth-order valence-electron chi connectivity index (χ4n) is 2.91. The summed E-state index contributed by atoms with van der Waals surface area (Å²) in [6.07, 6.45) is 0.982. The molecule has 1 aromatic rings. The number of methoxy groups -OCH3 is 2. The summed E-state index contributed by atoms with van der Waals surface area (Å²) in [5.41, 5.74) is 1.56. The van der Waals surface area contributed by atoms with Gasteiger partial charge in [0.05, 0.1) is 0 Å². The molecule has 0 heterocycles. The Morgan fingerprint density at radius 3 is 2.12 bits per heavy atom. The van der Waals surface area contributed by atoms with Gasteiger partial charge in [0.1, 0.15) is 0 Å². The van der Waals surface area contributed by atoms with Crippen molar-refractivity contribution in [3.63, 3.8) is 0 Å². The molecule has 0 aliphatic heterocycles. The van der Waals surface area contributed by atoms with Crippen molar-refractivity contribution in [2.75, 3.05) is 32.2 Å². The summed E-state index contributed by atoms with van der Waals surface area (Å²) in [5.74, 6) is -2.11. The number of aromatic hydroxyl groups is 1. The van der Waals surface area contributed by atoms with Crippen LogP contribution in [0.3, 0.4) is 0 Å². The molecule has 144 valence electrons.